The quantitative estimate of drug-likeness (QED) is 0.554. The molecule has 2 rings (SSSR count). The third-order valence-electron chi connectivity index (χ3n) is 4.36. The number of hydrogen-bond acceptors (Lipinski definition) is 6. The molecule has 0 saturated carbocycles. The maximum absolute atomic E-state index is 11.3. The van der Waals surface area contributed by atoms with E-state index < -0.39 is 0 Å². The van der Waals surface area contributed by atoms with Gasteiger partial charge in [0.2, 0.25) is 12.2 Å². The number of carbonyl (C=O) groups is 1. The van der Waals surface area contributed by atoms with E-state index in [1.165, 1.54) is 7.11 Å². The van der Waals surface area contributed by atoms with Crippen LogP contribution in [0.3, 0.4) is 0 Å². The molecule has 1 amide bonds. The summed E-state index contributed by atoms with van der Waals surface area (Å²) in [7, 11) is 7.80. The Morgan fingerprint density at radius 1 is 0.893 bits per heavy atom. The summed E-state index contributed by atoms with van der Waals surface area (Å²) in [6.07, 6.45) is 1.14. The van der Waals surface area contributed by atoms with Gasteiger partial charge in [-0.3, -0.25) is 4.79 Å². The lowest BCUT2D eigenvalue weighted by Gasteiger charge is -2.23. The zero-order valence-electron chi connectivity index (χ0n) is 16.5. The van der Waals surface area contributed by atoms with Gasteiger partial charge < -0.3 is 29.0 Å². The van der Waals surface area contributed by atoms with Gasteiger partial charge >= 0.3 is 0 Å². The lowest BCUT2D eigenvalue weighted by molar-refractivity contribution is -0.110. The molecule has 0 unspecified atom stereocenters. The summed E-state index contributed by atoms with van der Waals surface area (Å²) in [6, 6.07) is 6.95. The van der Waals surface area contributed by atoms with Gasteiger partial charge in [-0.25, -0.2) is 0 Å². The first-order valence-corrected chi connectivity index (χ1v) is 9.22. The van der Waals surface area contributed by atoms with Crippen molar-refractivity contribution in [1.29, 1.82) is 0 Å². The molecular formula is C20H24BrNO6. The van der Waals surface area contributed by atoms with E-state index in [1.54, 1.807) is 34.5 Å². The fourth-order valence-corrected chi connectivity index (χ4v) is 3.50. The molecule has 0 radical (unpaired) electrons. The van der Waals surface area contributed by atoms with Crippen LogP contribution in [0, 0.1) is 0 Å². The third kappa shape index (κ3) is 4.44. The molecule has 0 aromatic heterocycles. The average Bonchev–Trinajstić information content (AvgIpc) is 2.72. The Morgan fingerprint density at radius 2 is 1.50 bits per heavy atom. The number of carbonyl (C=O) groups excluding carboxylic acids is 1. The highest BCUT2D eigenvalue weighted by molar-refractivity contribution is 9.10. The van der Waals surface area contributed by atoms with E-state index in [-0.39, 0.29) is 6.04 Å². The van der Waals surface area contributed by atoms with Crippen LogP contribution in [-0.4, -0.2) is 42.0 Å². The van der Waals surface area contributed by atoms with Gasteiger partial charge in [-0.2, -0.15) is 0 Å². The number of methoxy groups -OCH3 is 5. The Balaban J connectivity index is 2.52. The maximum Gasteiger partial charge on any atom is 0.207 e. The van der Waals surface area contributed by atoms with E-state index >= 15 is 0 Å². The molecule has 8 heteroatoms. The molecule has 2 aromatic rings. The van der Waals surface area contributed by atoms with E-state index in [2.05, 4.69) is 21.2 Å². The zero-order valence-corrected chi connectivity index (χ0v) is 18.1. The van der Waals surface area contributed by atoms with Crippen molar-refractivity contribution in [3.63, 3.8) is 0 Å². The molecule has 1 N–H and O–H groups in total. The first kappa shape index (κ1) is 21.7. The van der Waals surface area contributed by atoms with E-state index in [0.29, 0.717) is 41.6 Å². The third-order valence-corrected chi connectivity index (χ3v) is 5.09. The first-order valence-electron chi connectivity index (χ1n) is 8.43. The van der Waals surface area contributed by atoms with Crippen LogP contribution in [0.1, 0.15) is 17.2 Å². The summed E-state index contributed by atoms with van der Waals surface area (Å²) >= 11 is 3.56. The monoisotopic (exact) mass is 453 g/mol. The van der Waals surface area contributed by atoms with Crippen molar-refractivity contribution in [2.75, 3.05) is 35.5 Å². The van der Waals surface area contributed by atoms with E-state index in [4.69, 9.17) is 23.7 Å². The molecule has 7 nitrogen and oxygen atoms in total. The van der Waals surface area contributed by atoms with Crippen LogP contribution in [0.5, 0.6) is 28.7 Å². The topological polar surface area (TPSA) is 75.3 Å². The second-order valence-electron chi connectivity index (χ2n) is 5.76. The van der Waals surface area contributed by atoms with Gasteiger partial charge in [0.05, 0.1) is 41.6 Å². The number of ether oxygens (including phenoxy) is 5. The summed E-state index contributed by atoms with van der Waals surface area (Å²) in [4.78, 5) is 11.3. The van der Waals surface area contributed by atoms with Gasteiger partial charge in [0.15, 0.2) is 23.0 Å². The molecule has 0 bridgehead atoms. The Kier molecular flexibility index (Phi) is 7.80. The van der Waals surface area contributed by atoms with E-state index in [9.17, 15) is 4.79 Å². The van der Waals surface area contributed by atoms with Crippen LogP contribution in [0.2, 0.25) is 0 Å². The second-order valence-corrected chi connectivity index (χ2v) is 6.62. The van der Waals surface area contributed by atoms with Crippen LogP contribution in [0.15, 0.2) is 28.7 Å². The van der Waals surface area contributed by atoms with Gasteiger partial charge in [0, 0.05) is 10.0 Å². The predicted octanol–water partition coefficient (Wildman–Crippen LogP) is 3.52. The fourth-order valence-electron chi connectivity index (χ4n) is 3.01. The summed E-state index contributed by atoms with van der Waals surface area (Å²) in [5, 5.41) is 2.85. The van der Waals surface area contributed by atoms with Crippen molar-refractivity contribution in [3.8, 4) is 28.7 Å². The molecule has 0 spiro atoms. The largest absolute Gasteiger partial charge is 0.493 e. The van der Waals surface area contributed by atoms with Gasteiger partial charge in [-0.15, -0.1) is 0 Å². The van der Waals surface area contributed by atoms with Crippen LogP contribution in [-0.2, 0) is 11.2 Å². The minimum Gasteiger partial charge on any atom is -0.493 e. The fraction of sp³-hybridized carbons (Fsp3) is 0.350. The highest BCUT2D eigenvalue weighted by Crippen LogP contribution is 2.43. The average molecular weight is 454 g/mol. The van der Waals surface area contributed by atoms with Crippen molar-refractivity contribution in [2.45, 2.75) is 12.5 Å². The van der Waals surface area contributed by atoms with Crippen molar-refractivity contribution in [2.24, 2.45) is 0 Å². The lowest BCUT2D eigenvalue weighted by atomic mass is 9.97. The van der Waals surface area contributed by atoms with Gasteiger partial charge in [-0.1, -0.05) is 15.9 Å². The Bertz CT molecular complexity index is 827. The lowest BCUT2D eigenvalue weighted by Crippen LogP contribution is -2.22. The van der Waals surface area contributed by atoms with Crippen LogP contribution < -0.4 is 29.0 Å². The first-order chi connectivity index (χ1) is 13.5. The molecule has 1 atom stereocenters. The normalized spacial score (nSPS) is 11.4. The SMILES string of the molecule is COc1cc(Br)c(C[C@H](NC=O)c2ccc(OC)c(OC)c2OC)cc1OC. The van der Waals surface area contributed by atoms with E-state index in [0.717, 1.165) is 15.6 Å². The second kappa shape index (κ2) is 10.1. The zero-order chi connectivity index (χ0) is 20.7. The maximum atomic E-state index is 11.3. The molecule has 0 aliphatic carbocycles. The van der Waals surface area contributed by atoms with Crippen molar-refractivity contribution in [3.05, 3.63) is 39.9 Å². The van der Waals surface area contributed by atoms with Gasteiger partial charge in [-0.05, 0) is 36.2 Å². The van der Waals surface area contributed by atoms with Crippen LogP contribution in [0.25, 0.3) is 0 Å². The molecule has 0 aliphatic rings. The van der Waals surface area contributed by atoms with Crippen molar-refractivity contribution >= 4 is 22.3 Å². The molecule has 28 heavy (non-hydrogen) atoms. The van der Waals surface area contributed by atoms with Gasteiger partial charge in [0.25, 0.3) is 0 Å². The number of rotatable bonds is 10. The Labute approximate surface area is 173 Å². The number of benzene rings is 2. The Morgan fingerprint density at radius 3 is 2.04 bits per heavy atom. The molecule has 152 valence electrons. The van der Waals surface area contributed by atoms with Gasteiger partial charge in [0.1, 0.15) is 0 Å². The standard InChI is InChI=1S/C20H24BrNO6/c1-24-16-7-6-13(19(27-4)20(16)28-5)15(22-11-23)8-12-9-17(25-2)18(26-3)10-14(12)21/h6-7,9-11,15H,8H2,1-5H3,(H,22,23)/t15-/m0/s1. The van der Waals surface area contributed by atoms with Crippen molar-refractivity contribution < 1.29 is 28.5 Å². The Hall–Kier alpha value is -2.61. The van der Waals surface area contributed by atoms with Crippen molar-refractivity contribution in [1.82, 2.24) is 5.32 Å². The molecule has 0 saturated heterocycles. The molecular weight excluding hydrogens is 430 g/mol. The summed E-state index contributed by atoms with van der Waals surface area (Å²) in [5.41, 5.74) is 1.68. The molecule has 2 aromatic carbocycles. The smallest absolute Gasteiger partial charge is 0.207 e. The minimum atomic E-state index is -0.373. The predicted molar refractivity (Wildman–Crippen MR) is 109 cm³/mol. The number of halogens is 1. The highest BCUT2D eigenvalue weighted by atomic mass is 79.9. The molecule has 0 fully saturated rings. The number of hydrogen-bond donors (Lipinski definition) is 1. The highest BCUT2D eigenvalue weighted by Gasteiger charge is 2.23. The molecule has 0 aliphatic heterocycles. The number of amides is 1. The number of nitrogens with one attached hydrogen (secondary N) is 1. The summed E-state index contributed by atoms with van der Waals surface area (Å²) < 4.78 is 27.9. The van der Waals surface area contributed by atoms with Crippen LogP contribution in [0.4, 0.5) is 0 Å². The summed E-state index contributed by atoms with van der Waals surface area (Å²) in [6.45, 7) is 0. The van der Waals surface area contributed by atoms with E-state index in [1.807, 2.05) is 18.2 Å². The minimum absolute atomic E-state index is 0.373. The molecule has 0 heterocycles. The summed E-state index contributed by atoms with van der Waals surface area (Å²) in [5.74, 6) is 2.72. The van der Waals surface area contributed by atoms with Crippen LogP contribution >= 0.6 is 15.9 Å².